The maximum Gasteiger partial charge on any atom is 0.252 e. The number of aromatic nitrogens is 4. The molecule has 0 unspecified atom stereocenters. The smallest absolute Gasteiger partial charge is 0.252 e. The number of rotatable bonds is 2. The number of benzene rings is 1. The molecule has 3 heterocycles. The molecule has 0 spiro atoms. The van der Waals surface area contributed by atoms with Crippen LogP contribution < -0.4 is 5.32 Å². The molecule has 1 aliphatic heterocycles. The monoisotopic (exact) mass is 361 g/mol. The molecule has 0 bridgehead atoms. The zero-order valence-corrected chi connectivity index (χ0v) is 16.6. The Morgan fingerprint density at radius 2 is 2.04 bits per heavy atom. The predicted molar refractivity (Wildman–Crippen MR) is 108 cm³/mol. The summed E-state index contributed by atoms with van der Waals surface area (Å²) < 4.78 is 1.93. The Labute approximate surface area is 160 Å². The van der Waals surface area contributed by atoms with Gasteiger partial charge in [0.2, 0.25) is 0 Å². The molecule has 27 heavy (non-hydrogen) atoms. The van der Waals surface area contributed by atoms with Gasteiger partial charge in [-0.1, -0.05) is 19.4 Å². The fraction of sp³-hybridized carbons (Fsp3) is 0.500. The SMILES string of the molecule is Cc1cc2c(cc1-c1ccnc3nc(C4CCC4)nn13)NC(C)(C)C[C@@H]2C. The third-order valence-electron chi connectivity index (χ3n) is 6.22. The molecule has 1 fully saturated rings. The second-order valence-corrected chi connectivity index (χ2v) is 9.01. The summed E-state index contributed by atoms with van der Waals surface area (Å²) in [4.78, 5) is 9.15. The van der Waals surface area contributed by atoms with Gasteiger partial charge in [0.05, 0.1) is 5.69 Å². The van der Waals surface area contributed by atoms with E-state index in [1.807, 2.05) is 10.7 Å². The molecule has 1 atom stereocenters. The zero-order valence-electron chi connectivity index (χ0n) is 16.6. The van der Waals surface area contributed by atoms with Gasteiger partial charge in [-0.15, -0.1) is 5.10 Å². The summed E-state index contributed by atoms with van der Waals surface area (Å²) in [5.41, 5.74) is 6.30. The molecule has 5 rings (SSSR count). The van der Waals surface area contributed by atoms with Gasteiger partial charge in [-0.05, 0) is 69.2 Å². The molecule has 2 aromatic heterocycles. The van der Waals surface area contributed by atoms with Crippen LogP contribution >= 0.6 is 0 Å². The van der Waals surface area contributed by atoms with Gasteiger partial charge in [0.1, 0.15) is 0 Å². The molecule has 0 amide bonds. The molecule has 0 radical (unpaired) electrons. The van der Waals surface area contributed by atoms with Gasteiger partial charge in [-0.25, -0.2) is 4.98 Å². The number of aryl methyl sites for hydroxylation is 1. The topological polar surface area (TPSA) is 55.1 Å². The number of nitrogens with zero attached hydrogens (tertiary/aromatic N) is 4. The third-order valence-corrected chi connectivity index (χ3v) is 6.22. The van der Waals surface area contributed by atoms with Gasteiger partial charge in [0.15, 0.2) is 5.82 Å². The first kappa shape index (κ1) is 16.7. The lowest BCUT2D eigenvalue weighted by atomic mass is 9.80. The summed E-state index contributed by atoms with van der Waals surface area (Å²) in [6.07, 6.45) is 6.67. The van der Waals surface area contributed by atoms with Crippen LogP contribution in [0.25, 0.3) is 17.0 Å². The summed E-state index contributed by atoms with van der Waals surface area (Å²) in [5.74, 6) is 2.71. The van der Waals surface area contributed by atoms with E-state index in [9.17, 15) is 0 Å². The second-order valence-electron chi connectivity index (χ2n) is 9.01. The normalized spacial score (nSPS) is 21.6. The maximum atomic E-state index is 4.83. The molecule has 5 heteroatoms. The minimum atomic E-state index is 0.108. The lowest BCUT2D eigenvalue weighted by Gasteiger charge is -2.38. The highest BCUT2D eigenvalue weighted by molar-refractivity contribution is 5.73. The maximum absolute atomic E-state index is 4.83. The van der Waals surface area contributed by atoms with Gasteiger partial charge >= 0.3 is 0 Å². The van der Waals surface area contributed by atoms with Crippen molar-refractivity contribution in [3.63, 3.8) is 0 Å². The van der Waals surface area contributed by atoms with Crippen molar-refractivity contribution in [2.24, 2.45) is 0 Å². The Bertz CT molecular complexity index is 1030. The van der Waals surface area contributed by atoms with Gasteiger partial charge in [0, 0.05) is 28.9 Å². The molecule has 0 saturated heterocycles. The highest BCUT2D eigenvalue weighted by atomic mass is 15.3. The van der Waals surface area contributed by atoms with Gasteiger partial charge in [-0.3, -0.25) is 0 Å². The van der Waals surface area contributed by atoms with Crippen molar-refractivity contribution in [1.82, 2.24) is 19.6 Å². The predicted octanol–water partition coefficient (Wildman–Crippen LogP) is 5.06. The molecule has 1 saturated carbocycles. The largest absolute Gasteiger partial charge is 0.380 e. The van der Waals surface area contributed by atoms with E-state index in [4.69, 9.17) is 10.1 Å². The first-order chi connectivity index (χ1) is 12.9. The second kappa shape index (κ2) is 5.78. The third kappa shape index (κ3) is 2.71. The Hall–Kier alpha value is -2.43. The van der Waals surface area contributed by atoms with E-state index in [-0.39, 0.29) is 5.54 Å². The van der Waals surface area contributed by atoms with Crippen LogP contribution in [0.1, 0.15) is 75.2 Å². The fourth-order valence-electron chi connectivity index (χ4n) is 4.67. The molecule has 1 aliphatic carbocycles. The summed E-state index contributed by atoms with van der Waals surface area (Å²) in [5, 5.41) is 8.56. The Morgan fingerprint density at radius 3 is 2.78 bits per heavy atom. The van der Waals surface area contributed by atoms with Gasteiger partial charge < -0.3 is 5.32 Å². The lowest BCUT2D eigenvalue weighted by Crippen LogP contribution is -2.36. The van der Waals surface area contributed by atoms with Gasteiger partial charge in [0.25, 0.3) is 5.78 Å². The summed E-state index contributed by atoms with van der Waals surface area (Å²) in [7, 11) is 0. The van der Waals surface area contributed by atoms with E-state index in [0.717, 1.165) is 17.9 Å². The number of hydrogen-bond acceptors (Lipinski definition) is 4. The van der Waals surface area contributed by atoms with Crippen molar-refractivity contribution in [3.8, 4) is 11.3 Å². The number of anilines is 1. The highest BCUT2D eigenvalue weighted by Gasteiger charge is 2.30. The molecule has 3 aromatic rings. The van der Waals surface area contributed by atoms with E-state index >= 15 is 0 Å². The van der Waals surface area contributed by atoms with E-state index in [2.05, 4.69) is 56.2 Å². The van der Waals surface area contributed by atoms with Gasteiger partial charge in [-0.2, -0.15) is 9.50 Å². The number of fused-ring (bicyclic) bond motifs is 2. The molecule has 1 N–H and O–H groups in total. The van der Waals surface area contributed by atoms with Crippen molar-refractivity contribution in [2.45, 2.75) is 70.8 Å². The summed E-state index contributed by atoms with van der Waals surface area (Å²) in [6, 6.07) is 6.69. The molecular formula is C22H27N5. The Balaban J connectivity index is 1.65. The first-order valence-corrected chi connectivity index (χ1v) is 10.1. The van der Waals surface area contributed by atoms with Crippen LogP contribution in [-0.2, 0) is 0 Å². The Kier molecular flexibility index (Phi) is 3.58. The lowest BCUT2D eigenvalue weighted by molar-refractivity contribution is 0.402. The highest BCUT2D eigenvalue weighted by Crippen LogP contribution is 2.42. The minimum Gasteiger partial charge on any atom is -0.380 e. The quantitative estimate of drug-likeness (QED) is 0.693. The molecule has 140 valence electrons. The van der Waals surface area contributed by atoms with E-state index in [1.54, 1.807) is 0 Å². The standard InChI is InChI=1S/C22H27N5/c1-13-10-16-14(2)12-22(3,4)25-18(16)11-17(13)19-8-9-23-21-24-20(26-27(19)21)15-6-5-7-15/h8-11,14-15,25H,5-7,12H2,1-4H3/t14-/m0/s1. The molecular weight excluding hydrogens is 334 g/mol. The van der Waals surface area contributed by atoms with Crippen molar-refractivity contribution in [3.05, 3.63) is 41.3 Å². The van der Waals surface area contributed by atoms with Crippen LogP contribution in [0, 0.1) is 6.92 Å². The zero-order chi connectivity index (χ0) is 18.8. The number of hydrogen-bond donors (Lipinski definition) is 1. The molecule has 5 nitrogen and oxygen atoms in total. The van der Waals surface area contributed by atoms with E-state index in [0.29, 0.717) is 17.6 Å². The minimum absolute atomic E-state index is 0.108. The number of nitrogens with one attached hydrogen (secondary N) is 1. The fourth-order valence-corrected chi connectivity index (χ4v) is 4.67. The van der Waals surface area contributed by atoms with Crippen LogP contribution in [0.15, 0.2) is 24.4 Å². The van der Waals surface area contributed by atoms with Crippen molar-refractivity contribution in [2.75, 3.05) is 5.32 Å². The van der Waals surface area contributed by atoms with Crippen LogP contribution in [0.4, 0.5) is 5.69 Å². The average Bonchev–Trinajstić information content (AvgIpc) is 2.96. The van der Waals surface area contributed by atoms with Crippen molar-refractivity contribution >= 4 is 11.5 Å². The van der Waals surface area contributed by atoms with Crippen LogP contribution in [-0.4, -0.2) is 25.1 Å². The molecule has 1 aromatic carbocycles. The first-order valence-electron chi connectivity index (χ1n) is 10.1. The van der Waals surface area contributed by atoms with Crippen LogP contribution in [0.2, 0.25) is 0 Å². The summed E-state index contributed by atoms with van der Waals surface area (Å²) >= 11 is 0. The molecule has 2 aliphatic rings. The van der Waals surface area contributed by atoms with E-state index < -0.39 is 0 Å². The van der Waals surface area contributed by atoms with E-state index in [1.165, 1.54) is 41.6 Å². The van der Waals surface area contributed by atoms with Crippen molar-refractivity contribution in [1.29, 1.82) is 0 Å². The Morgan fingerprint density at radius 1 is 1.22 bits per heavy atom. The van der Waals surface area contributed by atoms with Crippen LogP contribution in [0.5, 0.6) is 0 Å². The summed E-state index contributed by atoms with van der Waals surface area (Å²) in [6.45, 7) is 9.07. The van der Waals surface area contributed by atoms with Crippen molar-refractivity contribution < 1.29 is 0 Å². The average molecular weight is 361 g/mol. The van der Waals surface area contributed by atoms with Crippen LogP contribution in [0.3, 0.4) is 0 Å².